The minimum atomic E-state index is -0.874. The Morgan fingerprint density at radius 2 is 1.70 bits per heavy atom. The number of nitrogens with zero attached hydrogens (tertiary/aromatic N) is 2. The van der Waals surface area contributed by atoms with Crippen LogP contribution in [0.4, 0.5) is 5.69 Å². The minimum Gasteiger partial charge on any atom is -0.375 e. The maximum Gasteiger partial charge on any atom is 0.253 e. The van der Waals surface area contributed by atoms with E-state index in [0.29, 0.717) is 11.3 Å². The highest BCUT2D eigenvalue weighted by atomic mass is 16.5. The maximum absolute atomic E-state index is 13.3. The molecule has 1 aromatic carbocycles. The summed E-state index contributed by atoms with van der Waals surface area (Å²) in [5.74, 6) is -0.584. The molecule has 0 bridgehead atoms. The molecule has 0 aliphatic carbocycles. The Hall–Kier alpha value is -2.73. The zero-order valence-electron chi connectivity index (χ0n) is 19.0. The van der Waals surface area contributed by atoms with Crippen LogP contribution in [0.25, 0.3) is 0 Å². The van der Waals surface area contributed by atoms with Gasteiger partial charge in [0.15, 0.2) is 0 Å². The van der Waals surface area contributed by atoms with E-state index in [9.17, 15) is 9.59 Å². The summed E-state index contributed by atoms with van der Waals surface area (Å²) in [6, 6.07) is 10.4. The van der Waals surface area contributed by atoms with E-state index < -0.39 is 11.6 Å². The van der Waals surface area contributed by atoms with Gasteiger partial charge in [-0.15, -0.1) is 0 Å². The monoisotopic (exact) mass is 411 g/mol. The zero-order chi connectivity index (χ0) is 22.5. The van der Waals surface area contributed by atoms with Gasteiger partial charge in [0.25, 0.3) is 5.91 Å². The van der Waals surface area contributed by atoms with Crippen LogP contribution in [0, 0.1) is 0 Å². The highest BCUT2D eigenvalue weighted by Gasteiger charge is 2.34. The fourth-order valence-corrected chi connectivity index (χ4v) is 3.15. The van der Waals surface area contributed by atoms with E-state index >= 15 is 0 Å². The van der Waals surface area contributed by atoms with Crippen molar-refractivity contribution in [2.75, 3.05) is 18.6 Å². The lowest BCUT2D eigenvalue weighted by Gasteiger charge is -2.34. The Morgan fingerprint density at radius 3 is 2.17 bits per heavy atom. The van der Waals surface area contributed by atoms with E-state index in [1.54, 1.807) is 24.5 Å². The summed E-state index contributed by atoms with van der Waals surface area (Å²) in [7, 11) is 1.47. The standard InChI is InChI=1S/C24H33N3O3/c1-23(2,3)18-10-12-19(13-11-18)27(20(28)16-30-7)21(17-9-8-14-25-15-17)22(29)26-24(4,5)6/h8-15,21H,16H2,1-7H3,(H,26,29). The number of anilines is 1. The predicted molar refractivity (Wildman–Crippen MR) is 119 cm³/mol. The van der Waals surface area contributed by atoms with Gasteiger partial charge < -0.3 is 10.1 Å². The Bertz CT molecular complexity index is 850. The Balaban J connectivity index is 2.59. The number of hydrogen-bond acceptors (Lipinski definition) is 4. The molecule has 162 valence electrons. The molecule has 0 radical (unpaired) electrons. The first-order valence-corrected chi connectivity index (χ1v) is 10.1. The van der Waals surface area contributed by atoms with Gasteiger partial charge in [-0.3, -0.25) is 19.5 Å². The summed E-state index contributed by atoms with van der Waals surface area (Å²) in [5, 5.41) is 3.00. The molecule has 0 saturated carbocycles. The third-order valence-electron chi connectivity index (χ3n) is 4.55. The number of hydrogen-bond donors (Lipinski definition) is 1. The number of pyridine rings is 1. The first-order chi connectivity index (χ1) is 13.9. The summed E-state index contributed by atoms with van der Waals surface area (Å²) in [6.45, 7) is 12.0. The highest BCUT2D eigenvalue weighted by Crippen LogP contribution is 2.31. The molecule has 1 atom stereocenters. The number of ether oxygens (including phenoxy) is 1. The van der Waals surface area contributed by atoms with E-state index in [2.05, 4.69) is 31.1 Å². The Labute approximate surface area is 179 Å². The average Bonchev–Trinajstić information content (AvgIpc) is 2.64. The molecule has 1 unspecified atom stereocenters. The second kappa shape index (κ2) is 9.39. The first kappa shape index (κ1) is 23.5. The Morgan fingerprint density at radius 1 is 1.07 bits per heavy atom. The van der Waals surface area contributed by atoms with Crippen LogP contribution < -0.4 is 10.2 Å². The third-order valence-corrected chi connectivity index (χ3v) is 4.55. The zero-order valence-corrected chi connectivity index (χ0v) is 19.0. The number of nitrogens with one attached hydrogen (secondary N) is 1. The molecule has 6 heteroatoms. The van der Waals surface area contributed by atoms with Crippen molar-refractivity contribution in [1.82, 2.24) is 10.3 Å². The maximum atomic E-state index is 13.3. The molecule has 0 fully saturated rings. The molecular weight excluding hydrogens is 378 g/mol. The number of carbonyl (C=O) groups excluding carboxylic acids is 2. The van der Waals surface area contributed by atoms with Crippen LogP contribution in [-0.2, 0) is 19.7 Å². The van der Waals surface area contributed by atoms with Gasteiger partial charge in [-0.1, -0.05) is 39.0 Å². The number of rotatable bonds is 6. The van der Waals surface area contributed by atoms with Crippen molar-refractivity contribution in [3.05, 3.63) is 59.9 Å². The molecule has 0 saturated heterocycles. The molecule has 1 heterocycles. The molecule has 0 aliphatic heterocycles. The van der Waals surface area contributed by atoms with Gasteiger partial charge in [0.05, 0.1) is 0 Å². The van der Waals surface area contributed by atoms with Crippen LogP contribution in [0.3, 0.4) is 0 Å². The van der Waals surface area contributed by atoms with Gasteiger partial charge in [0, 0.05) is 36.3 Å². The van der Waals surface area contributed by atoms with Crippen LogP contribution in [0.5, 0.6) is 0 Å². The van der Waals surface area contributed by atoms with Crippen molar-refractivity contribution in [2.45, 2.75) is 58.5 Å². The lowest BCUT2D eigenvalue weighted by atomic mass is 9.87. The topological polar surface area (TPSA) is 71.5 Å². The van der Waals surface area contributed by atoms with Crippen molar-refractivity contribution >= 4 is 17.5 Å². The minimum absolute atomic E-state index is 0.0216. The molecule has 1 aromatic heterocycles. The summed E-state index contributed by atoms with van der Waals surface area (Å²) < 4.78 is 5.11. The largest absolute Gasteiger partial charge is 0.375 e. The van der Waals surface area contributed by atoms with E-state index in [1.807, 2.05) is 45.0 Å². The van der Waals surface area contributed by atoms with Crippen LogP contribution in [0.15, 0.2) is 48.8 Å². The number of aromatic nitrogens is 1. The summed E-state index contributed by atoms with van der Waals surface area (Å²) in [6.07, 6.45) is 3.26. The SMILES string of the molecule is COCC(=O)N(c1ccc(C(C)(C)C)cc1)C(C(=O)NC(C)(C)C)c1cccnc1. The molecule has 1 N–H and O–H groups in total. The molecule has 2 rings (SSSR count). The molecule has 0 spiro atoms. The van der Waals surface area contributed by atoms with E-state index in [0.717, 1.165) is 5.56 Å². The number of amides is 2. The van der Waals surface area contributed by atoms with Gasteiger partial charge in [-0.25, -0.2) is 0 Å². The van der Waals surface area contributed by atoms with Gasteiger partial charge in [0.1, 0.15) is 12.6 Å². The van der Waals surface area contributed by atoms with Gasteiger partial charge >= 0.3 is 0 Å². The predicted octanol–water partition coefficient (Wildman–Crippen LogP) is 4.01. The molecule has 2 aromatic rings. The van der Waals surface area contributed by atoms with Crippen LogP contribution >= 0.6 is 0 Å². The van der Waals surface area contributed by atoms with Crippen molar-refractivity contribution < 1.29 is 14.3 Å². The normalized spacial score (nSPS) is 12.9. The molecular formula is C24H33N3O3. The van der Waals surface area contributed by atoms with Gasteiger partial charge in [-0.05, 0) is 49.9 Å². The number of carbonyl (C=O) groups is 2. The highest BCUT2D eigenvalue weighted by molar-refractivity contribution is 6.02. The lowest BCUT2D eigenvalue weighted by molar-refractivity contribution is -0.129. The van der Waals surface area contributed by atoms with Crippen molar-refractivity contribution in [3.63, 3.8) is 0 Å². The molecule has 0 aliphatic rings. The van der Waals surface area contributed by atoms with E-state index in [-0.39, 0.29) is 23.8 Å². The van der Waals surface area contributed by atoms with Gasteiger partial charge in [0.2, 0.25) is 5.91 Å². The van der Waals surface area contributed by atoms with Crippen molar-refractivity contribution in [2.24, 2.45) is 0 Å². The lowest BCUT2D eigenvalue weighted by Crippen LogP contribution is -2.50. The van der Waals surface area contributed by atoms with E-state index in [4.69, 9.17) is 4.74 Å². The molecule has 6 nitrogen and oxygen atoms in total. The molecule has 30 heavy (non-hydrogen) atoms. The average molecular weight is 412 g/mol. The second-order valence-electron chi connectivity index (χ2n) is 9.42. The third kappa shape index (κ3) is 6.13. The van der Waals surface area contributed by atoms with Gasteiger partial charge in [-0.2, -0.15) is 0 Å². The summed E-state index contributed by atoms with van der Waals surface area (Å²) >= 11 is 0. The Kier molecular flexibility index (Phi) is 7.37. The van der Waals surface area contributed by atoms with Crippen LogP contribution in [-0.4, -0.2) is 36.1 Å². The quantitative estimate of drug-likeness (QED) is 0.779. The number of methoxy groups -OCH3 is 1. The summed E-state index contributed by atoms with van der Waals surface area (Å²) in [5.41, 5.74) is 1.92. The summed E-state index contributed by atoms with van der Waals surface area (Å²) in [4.78, 5) is 32.1. The van der Waals surface area contributed by atoms with Crippen LogP contribution in [0.2, 0.25) is 0 Å². The fraction of sp³-hybridized carbons (Fsp3) is 0.458. The van der Waals surface area contributed by atoms with E-state index in [1.165, 1.54) is 12.0 Å². The molecule has 2 amide bonds. The van der Waals surface area contributed by atoms with Crippen LogP contribution in [0.1, 0.15) is 58.7 Å². The smallest absolute Gasteiger partial charge is 0.253 e. The second-order valence-corrected chi connectivity index (χ2v) is 9.42. The fourth-order valence-electron chi connectivity index (χ4n) is 3.15. The number of benzene rings is 1. The van der Waals surface area contributed by atoms with Crippen molar-refractivity contribution in [1.29, 1.82) is 0 Å². The van der Waals surface area contributed by atoms with Crippen molar-refractivity contribution in [3.8, 4) is 0 Å². The first-order valence-electron chi connectivity index (χ1n) is 10.1.